The molecule has 0 fully saturated rings. The average molecular weight is 422 g/mol. The van der Waals surface area contributed by atoms with Crippen LogP contribution in [0.15, 0.2) is 36.4 Å². The molecule has 0 amide bonds. The van der Waals surface area contributed by atoms with Crippen LogP contribution in [-0.2, 0) is 6.18 Å². The van der Waals surface area contributed by atoms with Crippen LogP contribution < -0.4 is 5.32 Å². The van der Waals surface area contributed by atoms with E-state index in [0.717, 1.165) is 21.3 Å². The van der Waals surface area contributed by atoms with Gasteiger partial charge in [-0.05, 0) is 65.4 Å². The number of anilines is 2. The van der Waals surface area contributed by atoms with Gasteiger partial charge in [-0.3, -0.25) is 10.1 Å². The number of nitro groups is 1. The second kappa shape index (κ2) is 6.11. The first-order valence-corrected chi connectivity index (χ1v) is 7.15. The molecular weight excluding hydrogens is 412 g/mol. The van der Waals surface area contributed by atoms with Crippen molar-refractivity contribution in [2.24, 2.45) is 0 Å². The van der Waals surface area contributed by atoms with Crippen molar-refractivity contribution >= 4 is 39.7 Å². The second-order valence-electron chi connectivity index (χ2n) is 4.58. The van der Waals surface area contributed by atoms with Gasteiger partial charge >= 0.3 is 6.18 Å². The van der Waals surface area contributed by atoms with Crippen LogP contribution in [0.1, 0.15) is 11.1 Å². The Hall–Kier alpha value is -1.84. The molecule has 0 aromatic heterocycles. The highest BCUT2D eigenvalue weighted by molar-refractivity contribution is 14.1. The number of halogens is 4. The van der Waals surface area contributed by atoms with Crippen molar-refractivity contribution in [2.75, 3.05) is 5.32 Å². The van der Waals surface area contributed by atoms with E-state index in [1.807, 2.05) is 13.0 Å². The number of hydrogen-bond acceptors (Lipinski definition) is 3. The fraction of sp³-hybridized carbons (Fsp3) is 0.143. The van der Waals surface area contributed by atoms with E-state index in [2.05, 4.69) is 27.9 Å². The molecule has 0 spiro atoms. The fourth-order valence-corrected chi connectivity index (χ4v) is 2.18. The summed E-state index contributed by atoms with van der Waals surface area (Å²) < 4.78 is 38.9. The van der Waals surface area contributed by atoms with E-state index in [9.17, 15) is 23.3 Å². The van der Waals surface area contributed by atoms with E-state index < -0.39 is 22.4 Å². The zero-order chi connectivity index (χ0) is 16.5. The lowest BCUT2D eigenvalue weighted by molar-refractivity contribution is -0.384. The lowest BCUT2D eigenvalue weighted by atomic mass is 10.1. The van der Waals surface area contributed by atoms with Gasteiger partial charge in [0.1, 0.15) is 5.69 Å². The molecule has 0 radical (unpaired) electrons. The highest BCUT2D eigenvalue weighted by atomic mass is 127. The number of alkyl halides is 3. The summed E-state index contributed by atoms with van der Waals surface area (Å²) in [6, 6.07) is 7.69. The molecule has 0 unspecified atom stereocenters. The second-order valence-corrected chi connectivity index (χ2v) is 5.74. The van der Waals surface area contributed by atoms with Crippen LogP contribution in [0.5, 0.6) is 0 Å². The van der Waals surface area contributed by atoms with Crippen molar-refractivity contribution in [3.05, 3.63) is 61.2 Å². The lowest BCUT2D eigenvalue weighted by Crippen LogP contribution is -2.06. The van der Waals surface area contributed by atoms with Gasteiger partial charge < -0.3 is 5.32 Å². The van der Waals surface area contributed by atoms with Crippen LogP contribution in [0.3, 0.4) is 0 Å². The van der Waals surface area contributed by atoms with Crippen molar-refractivity contribution in [3.63, 3.8) is 0 Å². The van der Waals surface area contributed by atoms with Gasteiger partial charge in [0.05, 0.1) is 10.5 Å². The molecule has 0 bridgehead atoms. The Morgan fingerprint density at radius 1 is 1.18 bits per heavy atom. The molecule has 0 saturated heterocycles. The predicted octanol–water partition coefficient (Wildman–Crippen LogP) is 5.27. The number of benzene rings is 2. The highest BCUT2D eigenvalue weighted by Gasteiger charge is 2.33. The van der Waals surface area contributed by atoms with Crippen LogP contribution in [0.4, 0.5) is 30.2 Å². The van der Waals surface area contributed by atoms with Crippen LogP contribution in [0.2, 0.25) is 0 Å². The number of nitrogens with one attached hydrogen (secondary N) is 1. The minimum absolute atomic E-state index is 0.0126. The summed E-state index contributed by atoms with van der Waals surface area (Å²) in [6.07, 6.45) is -4.62. The predicted molar refractivity (Wildman–Crippen MR) is 85.3 cm³/mol. The van der Waals surface area contributed by atoms with E-state index >= 15 is 0 Å². The highest BCUT2D eigenvalue weighted by Crippen LogP contribution is 2.36. The Morgan fingerprint density at radius 2 is 1.86 bits per heavy atom. The summed E-state index contributed by atoms with van der Waals surface area (Å²) in [7, 11) is 0. The number of nitro benzene ring substituents is 1. The minimum atomic E-state index is -4.62. The summed E-state index contributed by atoms with van der Waals surface area (Å²) in [4.78, 5) is 10.2. The minimum Gasteiger partial charge on any atom is -0.350 e. The van der Waals surface area contributed by atoms with Gasteiger partial charge in [-0.2, -0.15) is 13.2 Å². The average Bonchev–Trinajstić information content (AvgIpc) is 2.42. The zero-order valence-corrected chi connectivity index (χ0v) is 13.4. The van der Waals surface area contributed by atoms with E-state index in [1.165, 1.54) is 0 Å². The topological polar surface area (TPSA) is 55.2 Å². The van der Waals surface area contributed by atoms with Crippen molar-refractivity contribution in [1.82, 2.24) is 0 Å². The number of nitrogens with zero attached hydrogens (tertiary/aromatic N) is 1. The van der Waals surface area contributed by atoms with Gasteiger partial charge in [-0.25, -0.2) is 0 Å². The standard InChI is InChI=1S/C14H10F3IN2O2/c1-8-6-10(3-4-11(8)18)19-12-5-2-9(14(15,16)17)7-13(12)20(21)22/h2-7,19H,1H3. The van der Waals surface area contributed by atoms with Gasteiger partial charge in [-0.1, -0.05) is 0 Å². The summed E-state index contributed by atoms with van der Waals surface area (Å²) in [5.74, 6) is 0. The van der Waals surface area contributed by atoms with Gasteiger partial charge in [-0.15, -0.1) is 0 Å². The van der Waals surface area contributed by atoms with Crippen molar-refractivity contribution < 1.29 is 18.1 Å². The lowest BCUT2D eigenvalue weighted by Gasteiger charge is -2.11. The van der Waals surface area contributed by atoms with E-state index in [0.29, 0.717) is 11.8 Å². The first kappa shape index (κ1) is 16.5. The molecule has 0 aliphatic heterocycles. The summed E-state index contributed by atoms with van der Waals surface area (Å²) in [5, 5.41) is 13.8. The number of rotatable bonds is 3. The molecule has 0 atom stereocenters. The molecule has 2 rings (SSSR count). The normalized spacial score (nSPS) is 11.3. The molecule has 0 aliphatic rings. The van der Waals surface area contributed by atoms with Gasteiger partial charge in [0, 0.05) is 15.3 Å². The molecule has 22 heavy (non-hydrogen) atoms. The van der Waals surface area contributed by atoms with Crippen molar-refractivity contribution in [1.29, 1.82) is 0 Å². The van der Waals surface area contributed by atoms with Crippen molar-refractivity contribution in [3.8, 4) is 0 Å². The largest absolute Gasteiger partial charge is 0.416 e. The van der Waals surface area contributed by atoms with Crippen LogP contribution in [0.25, 0.3) is 0 Å². The quantitative estimate of drug-likeness (QED) is 0.417. The molecule has 4 nitrogen and oxygen atoms in total. The van der Waals surface area contributed by atoms with Gasteiger partial charge in [0.25, 0.3) is 5.69 Å². The van der Waals surface area contributed by atoms with E-state index in [4.69, 9.17) is 0 Å². The van der Waals surface area contributed by atoms with Crippen LogP contribution in [0, 0.1) is 20.6 Å². The monoisotopic (exact) mass is 422 g/mol. The van der Waals surface area contributed by atoms with E-state index in [-0.39, 0.29) is 5.69 Å². The number of aryl methyl sites for hydroxylation is 1. The Kier molecular flexibility index (Phi) is 4.59. The van der Waals surface area contributed by atoms with Gasteiger partial charge in [0.15, 0.2) is 0 Å². The third-order valence-electron chi connectivity index (χ3n) is 2.96. The van der Waals surface area contributed by atoms with Crippen LogP contribution in [-0.4, -0.2) is 4.92 Å². The zero-order valence-electron chi connectivity index (χ0n) is 11.2. The Morgan fingerprint density at radius 3 is 2.41 bits per heavy atom. The first-order valence-electron chi connectivity index (χ1n) is 6.07. The molecule has 2 aromatic rings. The molecule has 1 N–H and O–H groups in total. The third-order valence-corrected chi connectivity index (χ3v) is 4.17. The van der Waals surface area contributed by atoms with Crippen LogP contribution >= 0.6 is 22.6 Å². The number of hydrogen-bond donors (Lipinski definition) is 1. The van der Waals surface area contributed by atoms with E-state index in [1.54, 1.807) is 12.1 Å². The summed E-state index contributed by atoms with van der Waals surface area (Å²) in [6.45, 7) is 1.87. The maximum absolute atomic E-state index is 12.6. The Labute approximate surface area is 137 Å². The van der Waals surface area contributed by atoms with Gasteiger partial charge in [0.2, 0.25) is 0 Å². The molecule has 0 aliphatic carbocycles. The first-order chi connectivity index (χ1) is 10.2. The SMILES string of the molecule is Cc1cc(Nc2ccc(C(F)(F)F)cc2[N+](=O)[O-])ccc1I. The molecule has 0 heterocycles. The third kappa shape index (κ3) is 3.67. The molecule has 116 valence electrons. The summed E-state index contributed by atoms with van der Waals surface area (Å²) >= 11 is 2.14. The molecular formula is C14H10F3IN2O2. The molecule has 2 aromatic carbocycles. The van der Waals surface area contributed by atoms with Crippen molar-refractivity contribution in [2.45, 2.75) is 13.1 Å². The maximum Gasteiger partial charge on any atom is 0.416 e. The molecule has 0 saturated carbocycles. The fourth-order valence-electron chi connectivity index (χ4n) is 1.84. The maximum atomic E-state index is 12.6. The smallest absolute Gasteiger partial charge is 0.350 e. The summed E-state index contributed by atoms with van der Waals surface area (Å²) in [5.41, 5.74) is -0.130. The Bertz CT molecular complexity index is 733. The molecule has 8 heteroatoms. The Balaban J connectivity index is 2.42.